The van der Waals surface area contributed by atoms with E-state index in [0.717, 1.165) is 16.3 Å². The zero-order chi connectivity index (χ0) is 13.7. The standard InChI is InChI=1S/C13H16ClN3OS/c1-9(6-7-15)13-16-12(17-18-13)8-19-11-5-3-2-4-10(11)14/h2-5,9H,6-8,15H2,1H3. The van der Waals surface area contributed by atoms with Crippen molar-refractivity contribution in [3.63, 3.8) is 0 Å². The van der Waals surface area contributed by atoms with Crippen molar-refractivity contribution in [2.45, 2.75) is 29.9 Å². The molecule has 0 aliphatic heterocycles. The van der Waals surface area contributed by atoms with Crippen molar-refractivity contribution in [3.8, 4) is 0 Å². The molecule has 102 valence electrons. The van der Waals surface area contributed by atoms with Crippen molar-refractivity contribution >= 4 is 23.4 Å². The van der Waals surface area contributed by atoms with Gasteiger partial charge in [0.05, 0.1) is 10.8 Å². The molecule has 2 aromatic rings. The number of thioether (sulfide) groups is 1. The number of hydrogen-bond acceptors (Lipinski definition) is 5. The number of benzene rings is 1. The lowest BCUT2D eigenvalue weighted by Gasteiger charge is -2.02. The molecule has 0 saturated carbocycles. The molecule has 1 aromatic heterocycles. The van der Waals surface area contributed by atoms with Crippen LogP contribution < -0.4 is 5.73 Å². The molecule has 4 nitrogen and oxygen atoms in total. The first-order valence-corrected chi connectivity index (χ1v) is 7.47. The quantitative estimate of drug-likeness (QED) is 0.827. The van der Waals surface area contributed by atoms with Crippen LogP contribution in [0.3, 0.4) is 0 Å². The smallest absolute Gasteiger partial charge is 0.229 e. The van der Waals surface area contributed by atoms with E-state index in [1.165, 1.54) is 0 Å². The Bertz CT molecular complexity index is 532. The lowest BCUT2D eigenvalue weighted by Crippen LogP contribution is -2.04. The van der Waals surface area contributed by atoms with E-state index < -0.39 is 0 Å². The van der Waals surface area contributed by atoms with Gasteiger partial charge >= 0.3 is 0 Å². The third kappa shape index (κ3) is 3.96. The molecule has 0 spiro atoms. The van der Waals surface area contributed by atoms with Gasteiger partial charge in [0.1, 0.15) is 0 Å². The fraction of sp³-hybridized carbons (Fsp3) is 0.385. The van der Waals surface area contributed by atoms with E-state index in [1.807, 2.05) is 31.2 Å². The SMILES string of the molecule is CC(CCN)c1nc(CSc2ccccc2Cl)no1. The maximum atomic E-state index is 6.09. The Morgan fingerprint density at radius 1 is 1.42 bits per heavy atom. The maximum absolute atomic E-state index is 6.09. The Balaban J connectivity index is 1.95. The summed E-state index contributed by atoms with van der Waals surface area (Å²) in [6, 6.07) is 7.71. The summed E-state index contributed by atoms with van der Waals surface area (Å²) in [5.74, 6) is 2.18. The van der Waals surface area contributed by atoms with Gasteiger partial charge in [-0.05, 0) is 25.1 Å². The Morgan fingerprint density at radius 2 is 2.21 bits per heavy atom. The van der Waals surface area contributed by atoms with Crippen molar-refractivity contribution in [1.29, 1.82) is 0 Å². The molecule has 0 saturated heterocycles. The Kier molecular flexibility index (Phi) is 5.24. The van der Waals surface area contributed by atoms with Gasteiger partial charge in [-0.15, -0.1) is 11.8 Å². The molecule has 1 unspecified atom stereocenters. The zero-order valence-electron chi connectivity index (χ0n) is 10.7. The average Bonchev–Trinajstić information content (AvgIpc) is 2.87. The summed E-state index contributed by atoms with van der Waals surface area (Å²) in [5.41, 5.74) is 5.52. The van der Waals surface area contributed by atoms with E-state index >= 15 is 0 Å². The number of hydrogen-bond donors (Lipinski definition) is 1. The van der Waals surface area contributed by atoms with Crippen LogP contribution in [0.4, 0.5) is 0 Å². The third-order valence-corrected chi connectivity index (χ3v) is 4.21. The molecular formula is C13H16ClN3OS. The monoisotopic (exact) mass is 297 g/mol. The lowest BCUT2D eigenvalue weighted by molar-refractivity contribution is 0.352. The maximum Gasteiger partial charge on any atom is 0.229 e. The van der Waals surface area contributed by atoms with Crippen molar-refractivity contribution in [2.75, 3.05) is 6.54 Å². The van der Waals surface area contributed by atoms with E-state index in [1.54, 1.807) is 11.8 Å². The lowest BCUT2D eigenvalue weighted by atomic mass is 10.1. The van der Waals surface area contributed by atoms with Crippen molar-refractivity contribution in [2.24, 2.45) is 5.73 Å². The molecule has 0 amide bonds. The highest BCUT2D eigenvalue weighted by molar-refractivity contribution is 7.98. The average molecular weight is 298 g/mol. The molecule has 1 atom stereocenters. The van der Waals surface area contributed by atoms with Gasteiger partial charge in [-0.3, -0.25) is 0 Å². The van der Waals surface area contributed by atoms with Crippen molar-refractivity contribution in [1.82, 2.24) is 10.1 Å². The van der Waals surface area contributed by atoms with Gasteiger partial charge in [0.25, 0.3) is 0 Å². The van der Waals surface area contributed by atoms with Crippen LogP contribution in [0.15, 0.2) is 33.7 Å². The number of nitrogens with zero attached hydrogens (tertiary/aromatic N) is 2. The minimum absolute atomic E-state index is 0.205. The molecule has 0 aliphatic rings. The van der Waals surface area contributed by atoms with Gasteiger partial charge in [-0.25, -0.2) is 0 Å². The predicted octanol–water partition coefficient (Wildman–Crippen LogP) is 3.47. The first kappa shape index (κ1) is 14.4. The van der Waals surface area contributed by atoms with Gasteiger partial charge in [0, 0.05) is 10.8 Å². The fourth-order valence-corrected chi connectivity index (χ4v) is 2.69. The summed E-state index contributed by atoms with van der Waals surface area (Å²) in [6.45, 7) is 2.65. The van der Waals surface area contributed by atoms with Gasteiger partial charge in [0.15, 0.2) is 5.82 Å². The van der Waals surface area contributed by atoms with Gasteiger partial charge in [0.2, 0.25) is 5.89 Å². The van der Waals surface area contributed by atoms with Crippen LogP contribution in [0.25, 0.3) is 0 Å². The highest BCUT2D eigenvalue weighted by Gasteiger charge is 2.13. The number of halogens is 1. The minimum Gasteiger partial charge on any atom is -0.339 e. The molecule has 0 bridgehead atoms. The first-order chi connectivity index (χ1) is 9.20. The summed E-state index contributed by atoms with van der Waals surface area (Å²) >= 11 is 7.69. The van der Waals surface area contributed by atoms with Gasteiger partial charge in [-0.2, -0.15) is 4.98 Å². The van der Waals surface area contributed by atoms with Crippen LogP contribution in [0.1, 0.15) is 31.0 Å². The van der Waals surface area contributed by atoms with Crippen LogP contribution in [-0.2, 0) is 5.75 Å². The summed E-state index contributed by atoms with van der Waals surface area (Å²) in [4.78, 5) is 5.40. The molecule has 1 aromatic carbocycles. The summed E-state index contributed by atoms with van der Waals surface area (Å²) < 4.78 is 5.23. The number of rotatable bonds is 6. The molecule has 19 heavy (non-hydrogen) atoms. The van der Waals surface area contributed by atoms with Crippen LogP contribution in [0, 0.1) is 0 Å². The number of aromatic nitrogens is 2. The van der Waals surface area contributed by atoms with E-state index in [2.05, 4.69) is 10.1 Å². The van der Waals surface area contributed by atoms with Crippen molar-refractivity contribution < 1.29 is 4.52 Å². The summed E-state index contributed by atoms with van der Waals surface area (Å²) in [6.07, 6.45) is 0.847. The van der Waals surface area contributed by atoms with Crippen LogP contribution >= 0.6 is 23.4 Å². The topological polar surface area (TPSA) is 64.9 Å². The Hall–Kier alpha value is -1.04. The highest BCUT2D eigenvalue weighted by Crippen LogP contribution is 2.29. The van der Waals surface area contributed by atoms with Crippen LogP contribution in [0.2, 0.25) is 5.02 Å². The highest BCUT2D eigenvalue weighted by atomic mass is 35.5. The van der Waals surface area contributed by atoms with Crippen LogP contribution in [0.5, 0.6) is 0 Å². The van der Waals surface area contributed by atoms with E-state index in [-0.39, 0.29) is 5.92 Å². The largest absolute Gasteiger partial charge is 0.339 e. The first-order valence-electron chi connectivity index (χ1n) is 6.10. The van der Waals surface area contributed by atoms with Crippen molar-refractivity contribution in [3.05, 3.63) is 41.0 Å². The molecular weight excluding hydrogens is 282 g/mol. The fourth-order valence-electron chi connectivity index (χ4n) is 1.60. The predicted molar refractivity (Wildman–Crippen MR) is 77.4 cm³/mol. The molecule has 1 heterocycles. The summed E-state index contributed by atoms with van der Waals surface area (Å²) in [5, 5.41) is 4.72. The normalized spacial score (nSPS) is 12.6. The third-order valence-electron chi connectivity index (χ3n) is 2.70. The second kappa shape index (κ2) is 6.93. The van der Waals surface area contributed by atoms with E-state index in [9.17, 15) is 0 Å². The molecule has 2 rings (SSSR count). The minimum atomic E-state index is 0.205. The Morgan fingerprint density at radius 3 is 2.95 bits per heavy atom. The molecule has 0 aliphatic carbocycles. The summed E-state index contributed by atoms with van der Waals surface area (Å²) in [7, 11) is 0. The molecule has 6 heteroatoms. The van der Waals surface area contributed by atoms with Crippen LogP contribution in [-0.4, -0.2) is 16.7 Å². The van der Waals surface area contributed by atoms with Gasteiger partial charge in [-0.1, -0.05) is 35.8 Å². The molecule has 2 N–H and O–H groups in total. The number of nitrogens with two attached hydrogens (primary N) is 1. The second-order valence-electron chi connectivity index (χ2n) is 4.25. The molecule has 0 fully saturated rings. The molecule has 0 radical (unpaired) electrons. The zero-order valence-corrected chi connectivity index (χ0v) is 12.2. The van der Waals surface area contributed by atoms with E-state index in [4.69, 9.17) is 21.9 Å². The Labute approximate surface area is 121 Å². The van der Waals surface area contributed by atoms with Gasteiger partial charge < -0.3 is 10.3 Å². The second-order valence-corrected chi connectivity index (χ2v) is 5.67. The van der Waals surface area contributed by atoms with E-state index in [0.29, 0.717) is 24.0 Å².